The SMILES string of the molecule is CCOC(=O)C(C/C=C(\C)CC/C=C(\C)CCC=C(C)C)CCC(=O)O. The molecule has 0 spiro atoms. The largest absolute Gasteiger partial charge is 0.481 e. The summed E-state index contributed by atoms with van der Waals surface area (Å²) in [4.78, 5) is 22.7. The molecular formula is C22H36O4. The molecular weight excluding hydrogens is 328 g/mol. The van der Waals surface area contributed by atoms with E-state index in [0.29, 0.717) is 19.4 Å². The summed E-state index contributed by atoms with van der Waals surface area (Å²) in [6.45, 7) is 10.5. The Labute approximate surface area is 159 Å². The van der Waals surface area contributed by atoms with E-state index < -0.39 is 5.97 Å². The number of aliphatic carboxylic acids is 1. The zero-order chi connectivity index (χ0) is 19.9. The van der Waals surface area contributed by atoms with Crippen LogP contribution < -0.4 is 0 Å². The molecule has 0 saturated carbocycles. The van der Waals surface area contributed by atoms with Crippen molar-refractivity contribution in [3.05, 3.63) is 34.9 Å². The van der Waals surface area contributed by atoms with Gasteiger partial charge in [-0.05, 0) is 73.1 Å². The van der Waals surface area contributed by atoms with Gasteiger partial charge in [0.05, 0.1) is 12.5 Å². The van der Waals surface area contributed by atoms with Gasteiger partial charge in [-0.2, -0.15) is 0 Å². The molecule has 0 aliphatic rings. The fourth-order valence-corrected chi connectivity index (χ4v) is 2.57. The molecule has 0 heterocycles. The van der Waals surface area contributed by atoms with E-state index in [1.54, 1.807) is 6.92 Å². The average molecular weight is 365 g/mol. The van der Waals surface area contributed by atoms with Crippen molar-refractivity contribution >= 4 is 11.9 Å². The predicted molar refractivity (Wildman–Crippen MR) is 107 cm³/mol. The first-order chi connectivity index (χ1) is 12.3. The summed E-state index contributed by atoms with van der Waals surface area (Å²) in [5.74, 6) is -1.55. The van der Waals surface area contributed by atoms with Gasteiger partial charge in [0, 0.05) is 6.42 Å². The third kappa shape index (κ3) is 13.5. The van der Waals surface area contributed by atoms with Crippen molar-refractivity contribution in [2.45, 2.75) is 79.6 Å². The number of carboxylic acids is 1. The van der Waals surface area contributed by atoms with Crippen LogP contribution in [0.4, 0.5) is 0 Å². The van der Waals surface area contributed by atoms with Crippen molar-refractivity contribution < 1.29 is 19.4 Å². The van der Waals surface area contributed by atoms with Crippen LogP contribution in [-0.2, 0) is 14.3 Å². The zero-order valence-electron chi connectivity index (χ0n) is 17.1. The summed E-state index contributed by atoms with van der Waals surface area (Å²) in [5.41, 5.74) is 3.99. The molecule has 26 heavy (non-hydrogen) atoms. The van der Waals surface area contributed by atoms with Crippen LogP contribution in [0, 0.1) is 5.92 Å². The molecule has 0 aliphatic carbocycles. The van der Waals surface area contributed by atoms with Gasteiger partial charge in [0.15, 0.2) is 0 Å². The topological polar surface area (TPSA) is 63.6 Å². The van der Waals surface area contributed by atoms with Crippen LogP contribution in [-0.4, -0.2) is 23.7 Å². The van der Waals surface area contributed by atoms with Crippen LogP contribution in [0.3, 0.4) is 0 Å². The van der Waals surface area contributed by atoms with Crippen molar-refractivity contribution in [2.75, 3.05) is 6.61 Å². The third-order valence-corrected chi connectivity index (χ3v) is 4.20. The van der Waals surface area contributed by atoms with E-state index in [4.69, 9.17) is 9.84 Å². The number of rotatable bonds is 13. The number of hydrogen-bond acceptors (Lipinski definition) is 3. The first-order valence-electron chi connectivity index (χ1n) is 9.59. The van der Waals surface area contributed by atoms with Gasteiger partial charge in [-0.15, -0.1) is 0 Å². The fraction of sp³-hybridized carbons (Fsp3) is 0.636. The van der Waals surface area contributed by atoms with Crippen molar-refractivity contribution in [2.24, 2.45) is 5.92 Å². The molecule has 0 rings (SSSR count). The van der Waals surface area contributed by atoms with E-state index in [0.717, 1.165) is 25.7 Å². The Morgan fingerprint density at radius 2 is 1.50 bits per heavy atom. The Morgan fingerprint density at radius 3 is 2.04 bits per heavy atom. The second kappa shape index (κ2) is 14.3. The average Bonchev–Trinajstić information content (AvgIpc) is 2.54. The van der Waals surface area contributed by atoms with Crippen molar-refractivity contribution in [1.29, 1.82) is 0 Å². The molecule has 0 aromatic carbocycles. The van der Waals surface area contributed by atoms with E-state index in [9.17, 15) is 9.59 Å². The van der Waals surface area contributed by atoms with Crippen molar-refractivity contribution in [3.8, 4) is 0 Å². The van der Waals surface area contributed by atoms with Crippen molar-refractivity contribution in [3.63, 3.8) is 0 Å². The molecule has 1 atom stereocenters. The monoisotopic (exact) mass is 364 g/mol. The normalized spacial score (nSPS) is 13.3. The molecule has 1 N–H and O–H groups in total. The molecule has 0 aromatic heterocycles. The molecule has 0 radical (unpaired) electrons. The highest BCUT2D eigenvalue weighted by Crippen LogP contribution is 2.18. The fourth-order valence-electron chi connectivity index (χ4n) is 2.57. The summed E-state index contributed by atoms with van der Waals surface area (Å²) in [6, 6.07) is 0. The second-order valence-corrected chi connectivity index (χ2v) is 7.08. The lowest BCUT2D eigenvalue weighted by Crippen LogP contribution is -2.18. The number of ether oxygens (including phenoxy) is 1. The Balaban J connectivity index is 4.44. The smallest absolute Gasteiger partial charge is 0.309 e. The minimum Gasteiger partial charge on any atom is -0.481 e. The molecule has 0 saturated heterocycles. The van der Waals surface area contributed by atoms with E-state index >= 15 is 0 Å². The molecule has 148 valence electrons. The molecule has 4 nitrogen and oxygen atoms in total. The second-order valence-electron chi connectivity index (χ2n) is 7.08. The lowest BCUT2D eigenvalue weighted by Gasteiger charge is -2.13. The maximum Gasteiger partial charge on any atom is 0.309 e. The van der Waals surface area contributed by atoms with Crippen LogP contribution in [0.15, 0.2) is 34.9 Å². The number of carbonyl (C=O) groups excluding carboxylic acids is 1. The molecule has 0 bridgehead atoms. The van der Waals surface area contributed by atoms with E-state index in [2.05, 4.69) is 45.9 Å². The maximum atomic E-state index is 12.0. The van der Waals surface area contributed by atoms with Gasteiger partial charge < -0.3 is 9.84 Å². The molecule has 0 aliphatic heterocycles. The summed E-state index contributed by atoms with van der Waals surface area (Å²) in [5, 5.41) is 8.83. The van der Waals surface area contributed by atoms with Crippen LogP contribution in [0.25, 0.3) is 0 Å². The standard InChI is InChI=1S/C22H36O4/c1-6-26-22(25)20(15-16-21(23)24)14-13-19(5)12-8-11-18(4)10-7-9-17(2)3/h9,11,13,20H,6-8,10,12,14-16H2,1-5H3,(H,23,24)/b18-11+,19-13+. The van der Waals surface area contributed by atoms with E-state index in [1.807, 2.05) is 0 Å². The van der Waals surface area contributed by atoms with Crippen LogP contribution in [0.5, 0.6) is 0 Å². The zero-order valence-corrected chi connectivity index (χ0v) is 17.1. The first-order valence-corrected chi connectivity index (χ1v) is 9.59. The molecule has 1 unspecified atom stereocenters. The Kier molecular flexibility index (Phi) is 13.3. The van der Waals surface area contributed by atoms with Gasteiger partial charge in [0.25, 0.3) is 0 Å². The van der Waals surface area contributed by atoms with Gasteiger partial charge in [-0.25, -0.2) is 0 Å². The molecule has 0 amide bonds. The number of carbonyl (C=O) groups is 2. The van der Waals surface area contributed by atoms with Crippen LogP contribution in [0.2, 0.25) is 0 Å². The van der Waals surface area contributed by atoms with Gasteiger partial charge in [-0.1, -0.05) is 34.9 Å². The molecule has 4 heteroatoms. The summed E-state index contributed by atoms with van der Waals surface area (Å²) in [6.07, 6.45) is 11.6. The highest BCUT2D eigenvalue weighted by atomic mass is 16.5. The van der Waals surface area contributed by atoms with Crippen LogP contribution in [0.1, 0.15) is 79.6 Å². The Bertz CT molecular complexity index is 522. The Morgan fingerprint density at radius 1 is 0.923 bits per heavy atom. The number of hydrogen-bond donors (Lipinski definition) is 1. The van der Waals surface area contributed by atoms with Gasteiger partial charge in [0.1, 0.15) is 0 Å². The number of allylic oxidation sites excluding steroid dienone is 6. The van der Waals surface area contributed by atoms with Gasteiger partial charge in [-0.3, -0.25) is 9.59 Å². The van der Waals surface area contributed by atoms with Crippen LogP contribution >= 0.6 is 0 Å². The van der Waals surface area contributed by atoms with E-state index in [-0.39, 0.29) is 18.3 Å². The van der Waals surface area contributed by atoms with E-state index in [1.165, 1.54) is 16.7 Å². The summed E-state index contributed by atoms with van der Waals surface area (Å²) in [7, 11) is 0. The lowest BCUT2D eigenvalue weighted by molar-refractivity contribution is -0.148. The summed E-state index contributed by atoms with van der Waals surface area (Å²) < 4.78 is 5.06. The maximum absolute atomic E-state index is 12.0. The molecule has 0 fully saturated rings. The number of esters is 1. The lowest BCUT2D eigenvalue weighted by atomic mass is 9.97. The van der Waals surface area contributed by atoms with Crippen molar-refractivity contribution in [1.82, 2.24) is 0 Å². The van der Waals surface area contributed by atoms with Gasteiger partial charge in [0.2, 0.25) is 0 Å². The third-order valence-electron chi connectivity index (χ3n) is 4.20. The highest BCUT2D eigenvalue weighted by molar-refractivity contribution is 5.74. The van der Waals surface area contributed by atoms with Gasteiger partial charge >= 0.3 is 11.9 Å². The number of carboxylic acid groups (broad SMARTS) is 1. The minimum atomic E-state index is -0.881. The Hall–Kier alpha value is -1.84. The molecule has 0 aromatic rings. The first kappa shape index (κ1) is 24.2. The highest BCUT2D eigenvalue weighted by Gasteiger charge is 2.19. The minimum absolute atomic E-state index is 0.00994. The summed E-state index contributed by atoms with van der Waals surface area (Å²) >= 11 is 0. The quantitative estimate of drug-likeness (QED) is 0.329. The predicted octanol–water partition coefficient (Wildman–Crippen LogP) is 5.84.